The van der Waals surface area contributed by atoms with Gasteiger partial charge in [-0.05, 0) is 11.6 Å². The first-order valence-electron chi connectivity index (χ1n) is 13.1. The Labute approximate surface area is 239 Å². The van der Waals surface area contributed by atoms with E-state index in [0.717, 1.165) is 5.56 Å². The van der Waals surface area contributed by atoms with Gasteiger partial charge in [-0.1, -0.05) is 41.9 Å². The number of nitrogens with zero attached hydrogens (tertiary/aromatic N) is 2. The Bertz CT molecular complexity index is 1720. The number of hydrogen-bond donors (Lipinski definition) is 2. The Morgan fingerprint density at radius 2 is 1.98 bits per heavy atom. The van der Waals surface area contributed by atoms with Crippen LogP contribution in [0, 0.1) is 11.6 Å². The maximum atomic E-state index is 16.6. The van der Waals surface area contributed by atoms with E-state index >= 15 is 8.78 Å². The maximum Gasteiger partial charge on any atom is 0.249 e. The topological polar surface area (TPSA) is 101 Å². The second-order valence-corrected chi connectivity index (χ2v) is 11.0. The van der Waals surface area contributed by atoms with Gasteiger partial charge in [-0.15, -0.1) is 0 Å². The number of halogens is 3. The second kappa shape index (κ2) is 9.54. The van der Waals surface area contributed by atoms with Crippen LogP contribution in [0.5, 0.6) is 11.5 Å². The molecule has 3 aromatic carbocycles. The van der Waals surface area contributed by atoms with Crippen LogP contribution in [-0.4, -0.2) is 41.5 Å². The van der Waals surface area contributed by atoms with Gasteiger partial charge in [0.1, 0.15) is 23.9 Å². The fourth-order valence-corrected chi connectivity index (χ4v) is 6.15. The van der Waals surface area contributed by atoms with Crippen LogP contribution < -0.4 is 20.5 Å². The van der Waals surface area contributed by atoms with E-state index in [-0.39, 0.29) is 52.3 Å². The van der Waals surface area contributed by atoms with Gasteiger partial charge in [0.05, 0.1) is 29.8 Å². The lowest BCUT2D eigenvalue weighted by molar-refractivity contribution is -0.0165. The molecule has 1 aromatic heterocycles. The molecule has 3 N–H and O–H groups in total. The molecule has 0 unspecified atom stereocenters. The van der Waals surface area contributed by atoms with Crippen LogP contribution in [0.15, 0.2) is 48.7 Å². The third-order valence-electron chi connectivity index (χ3n) is 7.95. The zero-order valence-electron chi connectivity index (χ0n) is 22.0. The van der Waals surface area contributed by atoms with Crippen molar-refractivity contribution in [1.82, 2.24) is 15.1 Å². The van der Waals surface area contributed by atoms with Crippen molar-refractivity contribution in [3.05, 3.63) is 87.7 Å². The Hall–Kier alpha value is -3.99. The van der Waals surface area contributed by atoms with Gasteiger partial charge in [-0.2, -0.15) is 5.10 Å². The van der Waals surface area contributed by atoms with Gasteiger partial charge in [0.25, 0.3) is 0 Å². The molecule has 1 amide bonds. The van der Waals surface area contributed by atoms with Gasteiger partial charge in [-0.25, -0.2) is 8.78 Å². The van der Waals surface area contributed by atoms with Gasteiger partial charge < -0.3 is 25.3 Å². The van der Waals surface area contributed by atoms with Crippen molar-refractivity contribution in [1.29, 1.82) is 0 Å². The molecule has 3 aliphatic rings. The Kier molecular flexibility index (Phi) is 6.04. The number of primary amides is 1. The minimum Gasteiger partial charge on any atom is -0.483 e. The molecule has 0 spiro atoms. The smallest absolute Gasteiger partial charge is 0.249 e. The third-order valence-corrected chi connectivity index (χ3v) is 8.32. The summed E-state index contributed by atoms with van der Waals surface area (Å²) in [7, 11) is 1.74. The van der Waals surface area contributed by atoms with Gasteiger partial charge >= 0.3 is 0 Å². The molecular weight excluding hydrogens is 554 g/mol. The first-order chi connectivity index (χ1) is 19.8. The number of fused-ring (bicyclic) bond motifs is 4. The van der Waals surface area contributed by atoms with E-state index in [1.54, 1.807) is 17.9 Å². The highest BCUT2D eigenvalue weighted by Gasteiger charge is 2.45. The molecule has 41 heavy (non-hydrogen) atoms. The van der Waals surface area contributed by atoms with Gasteiger partial charge in [0, 0.05) is 60.1 Å². The van der Waals surface area contributed by atoms with E-state index in [1.165, 1.54) is 12.1 Å². The summed E-state index contributed by atoms with van der Waals surface area (Å²) in [6, 6.07) is 12.3. The van der Waals surface area contributed by atoms with Crippen molar-refractivity contribution in [2.45, 2.75) is 24.7 Å². The average molecular weight is 579 g/mol. The van der Waals surface area contributed by atoms with Crippen molar-refractivity contribution in [2.75, 3.05) is 19.8 Å². The minimum atomic E-state index is -0.955. The summed E-state index contributed by atoms with van der Waals surface area (Å²) in [5.41, 5.74) is 7.34. The summed E-state index contributed by atoms with van der Waals surface area (Å²) in [4.78, 5) is 12.8. The van der Waals surface area contributed by atoms with E-state index in [1.807, 2.05) is 30.3 Å². The van der Waals surface area contributed by atoms with Crippen LogP contribution in [0.2, 0.25) is 5.02 Å². The molecule has 0 saturated carbocycles. The highest BCUT2D eigenvalue weighted by Crippen LogP contribution is 2.52. The lowest BCUT2D eigenvalue weighted by atomic mass is 9.84. The number of aromatic nitrogens is 2. The molecule has 1 atom stereocenters. The predicted molar refractivity (Wildman–Crippen MR) is 147 cm³/mol. The molecule has 4 heterocycles. The van der Waals surface area contributed by atoms with Crippen molar-refractivity contribution in [3.63, 3.8) is 0 Å². The largest absolute Gasteiger partial charge is 0.483 e. The molecule has 3 aliphatic heterocycles. The molecular formula is C30H25ClF2N4O4. The molecule has 210 valence electrons. The fourth-order valence-electron chi connectivity index (χ4n) is 5.88. The van der Waals surface area contributed by atoms with E-state index in [2.05, 4.69) is 10.4 Å². The first kappa shape index (κ1) is 25.9. The monoisotopic (exact) mass is 578 g/mol. The normalized spacial score (nSPS) is 19.0. The summed E-state index contributed by atoms with van der Waals surface area (Å²) < 4.78 is 51.2. The Morgan fingerprint density at radius 3 is 2.68 bits per heavy atom. The van der Waals surface area contributed by atoms with Crippen LogP contribution in [-0.2, 0) is 30.4 Å². The van der Waals surface area contributed by atoms with Crippen LogP contribution >= 0.6 is 11.6 Å². The van der Waals surface area contributed by atoms with E-state index in [9.17, 15) is 4.79 Å². The number of amides is 1. The zero-order chi connectivity index (χ0) is 28.5. The van der Waals surface area contributed by atoms with Crippen LogP contribution in [0.3, 0.4) is 0 Å². The number of benzene rings is 3. The standard InChI is InChI=1S/C30H25ClF2N4O4/c1-37-10-20-17-7-18(29(34)38)25(27(33)28(17)40-13-22(20)36-37)24-19-9-30(14-35-16-11-39-12-16,15-5-3-2-4-6-15)41-23(19)8-21(32)26(24)31/h2-8,10,16,35H,9,11-14H2,1H3,(H2,34,38)/t30-/m1/s1. The molecule has 0 radical (unpaired) electrons. The number of aryl methyl sites for hydroxylation is 1. The third kappa shape index (κ3) is 4.08. The predicted octanol–water partition coefficient (Wildman–Crippen LogP) is 4.50. The van der Waals surface area contributed by atoms with Gasteiger partial charge in [0.15, 0.2) is 17.2 Å². The first-order valence-corrected chi connectivity index (χ1v) is 13.5. The van der Waals surface area contributed by atoms with Crippen LogP contribution in [0.25, 0.3) is 22.3 Å². The number of ether oxygens (including phenoxy) is 3. The summed E-state index contributed by atoms with van der Waals surface area (Å²) in [6.45, 7) is 1.55. The number of carbonyl (C=O) groups is 1. The number of nitrogens with two attached hydrogens (primary N) is 1. The highest BCUT2D eigenvalue weighted by molar-refractivity contribution is 6.34. The molecule has 1 saturated heterocycles. The van der Waals surface area contributed by atoms with E-state index in [4.69, 9.17) is 31.5 Å². The van der Waals surface area contributed by atoms with Crippen molar-refractivity contribution in [2.24, 2.45) is 12.8 Å². The molecule has 1 fully saturated rings. The maximum absolute atomic E-state index is 16.6. The molecule has 0 bridgehead atoms. The average Bonchev–Trinajstić information content (AvgIpc) is 3.49. The SMILES string of the molecule is Cn1cc2c(n1)COc1c-2cc(C(N)=O)c(-c2c(Cl)c(F)cc3c2C[C@@](CNC2COC2)(c2ccccc2)O3)c1F. The summed E-state index contributed by atoms with van der Waals surface area (Å²) >= 11 is 6.59. The van der Waals surface area contributed by atoms with Gasteiger partial charge in [-0.3, -0.25) is 9.48 Å². The van der Waals surface area contributed by atoms with Crippen molar-refractivity contribution >= 4 is 17.5 Å². The number of hydrogen-bond acceptors (Lipinski definition) is 6. The van der Waals surface area contributed by atoms with E-state index < -0.39 is 23.1 Å². The minimum absolute atomic E-state index is 0.0149. The van der Waals surface area contributed by atoms with Crippen molar-refractivity contribution < 1.29 is 27.8 Å². The number of carbonyl (C=O) groups excluding carboxylic acids is 1. The summed E-state index contributed by atoms with van der Waals surface area (Å²) in [5, 5.41) is 7.47. The molecule has 0 aliphatic carbocycles. The van der Waals surface area contributed by atoms with E-state index in [0.29, 0.717) is 42.1 Å². The second-order valence-electron chi connectivity index (χ2n) is 10.6. The lowest BCUT2D eigenvalue weighted by Crippen LogP contribution is -2.52. The quantitative estimate of drug-likeness (QED) is 0.350. The highest BCUT2D eigenvalue weighted by atomic mass is 35.5. The fraction of sp³-hybridized carbons (Fsp3) is 0.267. The summed E-state index contributed by atoms with van der Waals surface area (Å²) in [5.74, 6) is -2.44. The zero-order valence-corrected chi connectivity index (χ0v) is 22.7. The number of rotatable bonds is 6. The molecule has 8 nitrogen and oxygen atoms in total. The van der Waals surface area contributed by atoms with Crippen molar-refractivity contribution in [3.8, 4) is 33.8 Å². The van der Waals surface area contributed by atoms with Gasteiger partial charge in [0.2, 0.25) is 5.91 Å². The molecule has 4 aromatic rings. The molecule has 11 heteroatoms. The Morgan fingerprint density at radius 1 is 1.20 bits per heavy atom. The summed E-state index contributed by atoms with van der Waals surface area (Å²) in [6.07, 6.45) is 1.94. The van der Waals surface area contributed by atoms with Crippen LogP contribution in [0.4, 0.5) is 8.78 Å². The Balaban J connectivity index is 1.42. The van der Waals surface area contributed by atoms with Crippen LogP contribution in [0.1, 0.15) is 27.2 Å². The number of nitrogens with one attached hydrogen (secondary N) is 1. The lowest BCUT2D eigenvalue weighted by Gasteiger charge is -2.34. The molecule has 7 rings (SSSR count).